The maximum Gasteiger partial charge on any atom is 0.295 e. The van der Waals surface area contributed by atoms with Gasteiger partial charge in [0.2, 0.25) is 0 Å². The van der Waals surface area contributed by atoms with Crippen LogP contribution in [0.1, 0.15) is 19.8 Å². The second-order valence-corrected chi connectivity index (χ2v) is 4.22. The lowest BCUT2D eigenvalue weighted by atomic mass is 10.4. The molecule has 0 radical (unpaired) electrons. The van der Waals surface area contributed by atoms with Crippen molar-refractivity contribution in [2.45, 2.75) is 24.5 Å². The Morgan fingerprint density at radius 3 is 2.75 bits per heavy atom. The number of hydrogen-bond acceptors (Lipinski definition) is 2. The van der Waals surface area contributed by atoms with Crippen LogP contribution in [0.25, 0.3) is 0 Å². The summed E-state index contributed by atoms with van der Waals surface area (Å²) in [6, 6.07) is 0. The van der Waals surface area contributed by atoms with Gasteiger partial charge < -0.3 is 5.32 Å². The number of rotatable bonds is 3. The fraction of sp³-hybridized carbons (Fsp3) is 0.667. The summed E-state index contributed by atoms with van der Waals surface area (Å²) in [6.45, 7) is 2.43. The third-order valence-corrected chi connectivity index (χ3v) is 3.47. The first-order valence-corrected chi connectivity index (χ1v) is 5.21. The summed E-state index contributed by atoms with van der Waals surface area (Å²) in [5.41, 5.74) is 0. The van der Waals surface area contributed by atoms with E-state index in [1.54, 1.807) is 6.92 Å². The first-order valence-electron chi connectivity index (χ1n) is 3.98. The predicted octanol–water partition coefficient (Wildman–Crippen LogP) is 1.02. The number of carbonyl (C=O) groups excluding carboxylic acids is 1. The molecule has 0 unspecified atom stereocenters. The largest absolute Gasteiger partial charge is 0.344 e. The predicted molar refractivity (Wildman–Crippen MR) is 51.9 cm³/mol. The summed E-state index contributed by atoms with van der Waals surface area (Å²) < 4.78 is 0.338. The lowest BCUT2D eigenvalue weighted by Gasteiger charge is -2.10. The standard InChI is InChI=1S/C9H13NOS/c1-3-4-8(11)10-7-9(12-2)5-6-9/h5-7H2,1-2H3,(H,10,11). The molecule has 0 bridgehead atoms. The van der Waals surface area contributed by atoms with Crippen molar-refractivity contribution in [3.63, 3.8) is 0 Å². The second-order valence-electron chi connectivity index (χ2n) is 2.94. The zero-order chi connectivity index (χ0) is 9.03. The fourth-order valence-electron chi connectivity index (χ4n) is 0.992. The Bertz CT molecular complexity index is 235. The molecule has 1 fully saturated rings. The molecule has 66 valence electrons. The lowest BCUT2D eigenvalue weighted by molar-refractivity contribution is -0.115. The molecule has 0 spiro atoms. The van der Waals surface area contributed by atoms with Crippen molar-refractivity contribution in [1.29, 1.82) is 0 Å². The Kier molecular flexibility index (Phi) is 3.05. The van der Waals surface area contributed by atoms with Gasteiger partial charge in [-0.1, -0.05) is 5.92 Å². The molecular formula is C9H13NOS. The molecule has 0 aliphatic heterocycles. The summed E-state index contributed by atoms with van der Waals surface area (Å²) in [5.74, 6) is 4.88. The SMILES string of the molecule is CC#CC(=O)NCC1(SC)CC1. The molecule has 0 aromatic rings. The van der Waals surface area contributed by atoms with Gasteiger partial charge in [-0.25, -0.2) is 0 Å². The summed E-state index contributed by atoms with van der Waals surface area (Å²) in [4.78, 5) is 10.9. The minimum Gasteiger partial charge on any atom is -0.344 e. The Balaban J connectivity index is 2.24. The molecule has 0 atom stereocenters. The molecule has 1 N–H and O–H groups in total. The van der Waals surface area contributed by atoms with E-state index in [1.165, 1.54) is 12.8 Å². The van der Waals surface area contributed by atoms with E-state index in [-0.39, 0.29) is 5.91 Å². The van der Waals surface area contributed by atoms with Crippen molar-refractivity contribution in [2.75, 3.05) is 12.8 Å². The van der Waals surface area contributed by atoms with Crippen molar-refractivity contribution in [1.82, 2.24) is 5.32 Å². The molecule has 0 saturated heterocycles. The first kappa shape index (κ1) is 9.47. The van der Waals surface area contributed by atoms with E-state index < -0.39 is 0 Å². The van der Waals surface area contributed by atoms with Crippen LogP contribution in [0.15, 0.2) is 0 Å². The van der Waals surface area contributed by atoms with E-state index in [9.17, 15) is 4.79 Å². The molecular weight excluding hydrogens is 170 g/mol. The number of thioether (sulfide) groups is 1. The maximum absolute atomic E-state index is 10.9. The Morgan fingerprint density at radius 1 is 1.67 bits per heavy atom. The van der Waals surface area contributed by atoms with Crippen LogP contribution in [0.3, 0.4) is 0 Å². The van der Waals surface area contributed by atoms with Crippen LogP contribution in [-0.2, 0) is 4.79 Å². The lowest BCUT2D eigenvalue weighted by Crippen LogP contribution is -2.30. The van der Waals surface area contributed by atoms with Gasteiger partial charge in [-0.3, -0.25) is 4.79 Å². The van der Waals surface area contributed by atoms with E-state index in [2.05, 4.69) is 23.4 Å². The summed E-state index contributed by atoms with van der Waals surface area (Å²) >= 11 is 1.84. The zero-order valence-corrected chi connectivity index (χ0v) is 8.25. The summed E-state index contributed by atoms with van der Waals surface area (Å²) in [6.07, 6.45) is 4.52. The normalized spacial score (nSPS) is 17.5. The molecule has 12 heavy (non-hydrogen) atoms. The monoisotopic (exact) mass is 183 g/mol. The molecule has 0 aromatic carbocycles. The Labute approximate surface area is 77.5 Å². The minimum absolute atomic E-state index is 0.155. The molecule has 1 aliphatic carbocycles. The Morgan fingerprint density at radius 2 is 2.33 bits per heavy atom. The van der Waals surface area contributed by atoms with E-state index >= 15 is 0 Å². The van der Waals surface area contributed by atoms with Crippen molar-refractivity contribution in [2.24, 2.45) is 0 Å². The highest BCUT2D eigenvalue weighted by molar-refractivity contribution is 8.00. The van der Waals surface area contributed by atoms with Crippen LogP contribution in [0, 0.1) is 11.8 Å². The van der Waals surface area contributed by atoms with E-state index in [0.29, 0.717) is 4.75 Å². The van der Waals surface area contributed by atoms with Gasteiger partial charge in [-0.2, -0.15) is 11.8 Å². The fourth-order valence-corrected chi connectivity index (χ4v) is 1.72. The highest BCUT2D eigenvalue weighted by Crippen LogP contribution is 2.46. The second kappa shape index (κ2) is 3.86. The average Bonchev–Trinajstić information content (AvgIpc) is 2.82. The highest BCUT2D eigenvalue weighted by atomic mass is 32.2. The highest BCUT2D eigenvalue weighted by Gasteiger charge is 2.41. The van der Waals surface area contributed by atoms with Gasteiger partial charge in [0.15, 0.2) is 0 Å². The number of hydrogen-bond donors (Lipinski definition) is 1. The van der Waals surface area contributed by atoms with Crippen molar-refractivity contribution in [3.05, 3.63) is 0 Å². The zero-order valence-electron chi connectivity index (χ0n) is 7.44. The van der Waals surface area contributed by atoms with Gasteiger partial charge in [-0.05, 0) is 31.9 Å². The van der Waals surface area contributed by atoms with Crippen LogP contribution in [-0.4, -0.2) is 23.5 Å². The molecule has 2 nitrogen and oxygen atoms in total. The molecule has 1 amide bonds. The molecule has 0 aromatic heterocycles. The molecule has 1 aliphatic rings. The number of carbonyl (C=O) groups is 1. The Hall–Kier alpha value is -0.620. The van der Waals surface area contributed by atoms with Crippen LogP contribution in [0.2, 0.25) is 0 Å². The van der Waals surface area contributed by atoms with E-state index in [1.807, 2.05) is 11.8 Å². The van der Waals surface area contributed by atoms with Crippen molar-refractivity contribution in [3.8, 4) is 11.8 Å². The molecule has 0 heterocycles. The summed E-state index contributed by atoms with van der Waals surface area (Å²) in [5, 5.41) is 2.80. The quantitative estimate of drug-likeness (QED) is 0.662. The van der Waals surface area contributed by atoms with Crippen LogP contribution in [0.5, 0.6) is 0 Å². The van der Waals surface area contributed by atoms with E-state index in [0.717, 1.165) is 6.54 Å². The van der Waals surface area contributed by atoms with Gasteiger partial charge in [-0.15, -0.1) is 0 Å². The smallest absolute Gasteiger partial charge is 0.295 e. The van der Waals surface area contributed by atoms with Gasteiger partial charge in [0.1, 0.15) is 0 Å². The minimum atomic E-state index is -0.155. The van der Waals surface area contributed by atoms with Crippen molar-refractivity contribution >= 4 is 17.7 Å². The molecule has 1 saturated carbocycles. The average molecular weight is 183 g/mol. The van der Waals surface area contributed by atoms with Gasteiger partial charge in [0, 0.05) is 11.3 Å². The van der Waals surface area contributed by atoms with Gasteiger partial charge in [0.05, 0.1) is 0 Å². The summed E-state index contributed by atoms with van der Waals surface area (Å²) in [7, 11) is 0. The van der Waals surface area contributed by atoms with Crippen molar-refractivity contribution < 1.29 is 4.79 Å². The topological polar surface area (TPSA) is 29.1 Å². The first-order chi connectivity index (χ1) is 5.72. The maximum atomic E-state index is 10.9. The number of amides is 1. The van der Waals surface area contributed by atoms with E-state index in [4.69, 9.17) is 0 Å². The molecule has 1 rings (SSSR count). The van der Waals surface area contributed by atoms with Gasteiger partial charge >= 0.3 is 0 Å². The van der Waals surface area contributed by atoms with Crippen LogP contribution in [0.4, 0.5) is 0 Å². The third-order valence-electron chi connectivity index (χ3n) is 2.05. The third kappa shape index (κ3) is 2.46. The van der Waals surface area contributed by atoms with Crippen LogP contribution < -0.4 is 5.32 Å². The molecule has 3 heteroatoms. The van der Waals surface area contributed by atoms with Gasteiger partial charge in [0.25, 0.3) is 5.91 Å². The number of nitrogens with one attached hydrogen (secondary N) is 1. The van der Waals surface area contributed by atoms with Crippen LogP contribution >= 0.6 is 11.8 Å².